The maximum absolute atomic E-state index is 9.37. The fourth-order valence-corrected chi connectivity index (χ4v) is 3.52. The molecule has 5 heteroatoms. The molecule has 0 atom stereocenters. The summed E-state index contributed by atoms with van der Waals surface area (Å²) in [5.74, 6) is 1.19. The highest BCUT2D eigenvalue weighted by atomic mass is 32.2. The average molecular weight is 344 g/mol. The van der Waals surface area contributed by atoms with Crippen LogP contribution in [0, 0.1) is 11.3 Å². The van der Waals surface area contributed by atoms with Gasteiger partial charge in [-0.25, -0.2) is 9.97 Å². The van der Waals surface area contributed by atoms with Crippen LogP contribution in [0.5, 0.6) is 0 Å². The zero-order valence-electron chi connectivity index (χ0n) is 13.5. The highest BCUT2D eigenvalue weighted by molar-refractivity contribution is 7.99. The SMILES string of the molecule is N#Cc1ccc(Nc2nccc(C3CC3)n2)cc1Sc1ccccc1. The Morgan fingerprint density at radius 1 is 1.08 bits per heavy atom. The largest absolute Gasteiger partial charge is 0.324 e. The summed E-state index contributed by atoms with van der Waals surface area (Å²) in [6, 6.07) is 20.0. The van der Waals surface area contributed by atoms with E-state index in [0.29, 0.717) is 17.4 Å². The van der Waals surface area contributed by atoms with E-state index in [9.17, 15) is 5.26 Å². The molecular weight excluding hydrogens is 328 g/mol. The molecule has 1 fully saturated rings. The van der Waals surface area contributed by atoms with Crippen molar-refractivity contribution in [3.8, 4) is 6.07 Å². The molecule has 0 spiro atoms. The van der Waals surface area contributed by atoms with E-state index in [4.69, 9.17) is 0 Å². The van der Waals surface area contributed by atoms with Gasteiger partial charge >= 0.3 is 0 Å². The Morgan fingerprint density at radius 3 is 2.68 bits per heavy atom. The van der Waals surface area contributed by atoms with Crippen molar-refractivity contribution in [2.75, 3.05) is 5.32 Å². The first-order valence-corrected chi connectivity index (χ1v) is 9.00. The quantitative estimate of drug-likeness (QED) is 0.696. The second-order valence-corrected chi connectivity index (χ2v) is 7.06. The molecule has 0 saturated heterocycles. The third-order valence-electron chi connectivity index (χ3n) is 4.00. The van der Waals surface area contributed by atoms with Gasteiger partial charge in [-0.1, -0.05) is 30.0 Å². The van der Waals surface area contributed by atoms with Crippen LogP contribution in [0.25, 0.3) is 0 Å². The van der Waals surface area contributed by atoms with Crippen LogP contribution in [0.4, 0.5) is 11.6 Å². The molecule has 4 nitrogen and oxygen atoms in total. The lowest BCUT2D eigenvalue weighted by molar-refractivity contribution is 0.993. The predicted molar refractivity (Wildman–Crippen MR) is 99.0 cm³/mol. The van der Waals surface area contributed by atoms with Crippen molar-refractivity contribution in [3.05, 3.63) is 72.1 Å². The lowest BCUT2D eigenvalue weighted by Gasteiger charge is -2.09. The van der Waals surface area contributed by atoms with E-state index in [2.05, 4.69) is 21.4 Å². The summed E-state index contributed by atoms with van der Waals surface area (Å²) in [5.41, 5.74) is 2.64. The van der Waals surface area contributed by atoms with Crippen LogP contribution in [0.3, 0.4) is 0 Å². The van der Waals surface area contributed by atoms with Crippen LogP contribution in [0.2, 0.25) is 0 Å². The summed E-state index contributed by atoms with van der Waals surface area (Å²) in [5, 5.41) is 12.6. The monoisotopic (exact) mass is 344 g/mol. The van der Waals surface area contributed by atoms with Crippen LogP contribution in [0.15, 0.2) is 70.6 Å². The van der Waals surface area contributed by atoms with Crippen molar-refractivity contribution in [3.63, 3.8) is 0 Å². The van der Waals surface area contributed by atoms with E-state index in [-0.39, 0.29) is 0 Å². The Labute approximate surface area is 151 Å². The molecule has 3 aromatic rings. The zero-order valence-corrected chi connectivity index (χ0v) is 14.3. The minimum atomic E-state index is 0.591. The van der Waals surface area contributed by atoms with Gasteiger partial charge in [0.2, 0.25) is 5.95 Å². The molecule has 1 saturated carbocycles. The molecule has 1 N–H and O–H groups in total. The van der Waals surface area contributed by atoms with Gasteiger partial charge in [-0.3, -0.25) is 0 Å². The fourth-order valence-electron chi connectivity index (χ4n) is 2.56. The lowest BCUT2D eigenvalue weighted by atomic mass is 10.2. The fraction of sp³-hybridized carbons (Fsp3) is 0.150. The number of nitrogens with zero attached hydrogens (tertiary/aromatic N) is 3. The van der Waals surface area contributed by atoms with Crippen LogP contribution in [0.1, 0.15) is 30.0 Å². The number of hydrogen-bond acceptors (Lipinski definition) is 5. The summed E-state index contributed by atoms with van der Waals surface area (Å²) in [6.45, 7) is 0. The van der Waals surface area contributed by atoms with Crippen molar-refractivity contribution in [2.45, 2.75) is 28.6 Å². The maximum atomic E-state index is 9.37. The molecular formula is C20H16N4S. The van der Waals surface area contributed by atoms with Gasteiger partial charge in [-0.2, -0.15) is 5.26 Å². The van der Waals surface area contributed by atoms with Crippen LogP contribution >= 0.6 is 11.8 Å². The first-order valence-electron chi connectivity index (χ1n) is 8.19. The first kappa shape index (κ1) is 15.7. The van der Waals surface area contributed by atoms with Gasteiger partial charge in [0.15, 0.2) is 0 Å². The van der Waals surface area contributed by atoms with Gasteiger partial charge in [0, 0.05) is 33.3 Å². The molecule has 122 valence electrons. The molecule has 0 amide bonds. The van der Waals surface area contributed by atoms with Crippen molar-refractivity contribution < 1.29 is 0 Å². The number of hydrogen-bond donors (Lipinski definition) is 1. The first-order chi connectivity index (χ1) is 12.3. The van der Waals surface area contributed by atoms with E-state index in [1.165, 1.54) is 12.8 Å². The van der Waals surface area contributed by atoms with Crippen molar-refractivity contribution in [2.24, 2.45) is 0 Å². The molecule has 1 aromatic heterocycles. The standard InChI is InChI=1S/C20H16N4S/c21-13-15-8-9-16(12-19(15)25-17-4-2-1-3-5-17)23-20-22-11-10-18(24-20)14-6-7-14/h1-5,8-12,14H,6-7H2,(H,22,23,24). The highest BCUT2D eigenvalue weighted by Crippen LogP contribution is 2.39. The van der Waals surface area contributed by atoms with Gasteiger partial charge in [0.25, 0.3) is 0 Å². The van der Waals surface area contributed by atoms with Crippen molar-refractivity contribution >= 4 is 23.4 Å². The summed E-state index contributed by atoms with van der Waals surface area (Å²) in [4.78, 5) is 10.9. The van der Waals surface area contributed by atoms with Gasteiger partial charge in [0.1, 0.15) is 6.07 Å². The van der Waals surface area contributed by atoms with Gasteiger partial charge in [-0.15, -0.1) is 0 Å². The minimum absolute atomic E-state index is 0.591. The topological polar surface area (TPSA) is 61.6 Å². The van der Waals surface area contributed by atoms with E-state index in [1.54, 1.807) is 18.0 Å². The van der Waals surface area contributed by atoms with E-state index in [1.807, 2.05) is 54.6 Å². The number of aromatic nitrogens is 2. The Bertz CT molecular complexity index is 930. The maximum Gasteiger partial charge on any atom is 0.227 e. The third kappa shape index (κ3) is 3.81. The summed E-state index contributed by atoms with van der Waals surface area (Å²) in [7, 11) is 0. The molecule has 1 aliphatic carbocycles. The second kappa shape index (κ2) is 6.96. The number of nitriles is 1. The number of nitrogens with one attached hydrogen (secondary N) is 1. The van der Waals surface area contributed by atoms with Gasteiger partial charge in [-0.05, 0) is 49.2 Å². The summed E-state index contributed by atoms with van der Waals surface area (Å²) in [6.07, 6.45) is 4.22. The van der Waals surface area contributed by atoms with Gasteiger partial charge < -0.3 is 5.32 Å². The third-order valence-corrected chi connectivity index (χ3v) is 5.07. The summed E-state index contributed by atoms with van der Waals surface area (Å²) < 4.78 is 0. The van der Waals surface area contributed by atoms with E-state index in [0.717, 1.165) is 21.2 Å². The molecule has 25 heavy (non-hydrogen) atoms. The van der Waals surface area contributed by atoms with E-state index < -0.39 is 0 Å². The van der Waals surface area contributed by atoms with Gasteiger partial charge in [0.05, 0.1) is 5.56 Å². The second-order valence-electron chi connectivity index (χ2n) is 5.94. The number of benzene rings is 2. The minimum Gasteiger partial charge on any atom is -0.324 e. The highest BCUT2D eigenvalue weighted by Gasteiger charge is 2.25. The molecule has 1 heterocycles. The lowest BCUT2D eigenvalue weighted by Crippen LogP contribution is -1.99. The normalized spacial score (nSPS) is 13.2. The zero-order chi connectivity index (χ0) is 17.1. The Kier molecular flexibility index (Phi) is 4.36. The molecule has 0 aliphatic heterocycles. The molecule has 2 aromatic carbocycles. The summed E-state index contributed by atoms with van der Waals surface area (Å²) >= 11 is 1.58. The predicted octanol–water partition coefficient (Wildman–Crippen LogP) is 5.12. The smallest absolute Gasteiger partial charge is 0.227 e. The Morgan fingerprint density at radius 2 is 1.92 bits per heavy atom. The average Bonchev–Trinajstić information content (AvgIpc) is 3.48. The van der Waals surface area contributed by atoms with E-state index >= 15 is 0 Å². The molecule has 0 unspecified atom stereocenters. The molecule has 1 aliphatic rings. The molecule has 0 bridgehead atoms. The molecule has 4 rings (SSSR count). The number of rotatable bonds is 5. The van der Waals surface area contributed by atoms with Crippen LogP contribution in [-0.4, -0.2) is 9.97 Å². The van der Waals surface area contributed by atoms with Crippen molar-refractivity contribution in [1.82, 2.24) is 9.97 Å². The molecule has 0 radical (unpaired) electrons. The van der Waals surface area contributed by atoms with Crippen molar-refractivity contribution in [1.29, 1.82) is 5.26 Å². The number of anilines is 2. The van der Waals surface area contributed by atoms with Crippen LogP contribution in [-0.2, 0) is 0 Å². The Hall–Kier alpha value is -2.84. The Balaban J connectivity index is 1.59. The van der Waals surface area contributed by atoms with Crippen LogP contribution < -0.4 is 5.32 Å².